The monoisotopic (exact) mass is 327 g/mol. The maximum absolute atomic E-state index is 10.1. The number of nitrogens with zero attached hydrogens (tertiary/aromatic N) is 2. The average molecular weight is 327 g/mol. The van der Waals surface area contributed by atoms with Crippen molar-refractivity contribution in [1.82, 2.24) is 0 Å². The van der Waals surface area contributed by atoms with Gasteiger partial charge in [0.2, 0.25) is 0 Å². The minimum absolute atomic E-state index is 0.312. The van der Waals surface area contributed by atoms with E-state index in [2.05, 4.69) is 17.1 Å². The number of nitriles is 2. The highest BCUT2D eigenvalue weighted by Crippen LogP contribution is 2.81. The molecule has 6 nitrogen and oxygen atoms in total. The smallest absolute Gasteiger partial charge is 0.277 e. The van der Waals surface area contributed by atoms with Gasteiger partial charge in [-0.2, -0.15) is 10.5 Å². The summed E-state index contributed by atoms with van der Waals surface area (Å²) in [4.78, 5) is 3.10. The third-order valence-electron chi connectivity index (χ3n) is 5.14. The number of fused-ring (bicyclic) bond motifs is 2. The van der Waals surface area contributed by atoms with Crippen LogP contribution in [0.15, 0.2) is 24.3 Å². The number of hydrogen-bond acceptors (Lipinski definition) is 6. The Bertz CT molecular complexity index is 805. The summed E-state index contributed by atoms with van der Waals surface area (Å²) in [6.07, 6.45) is 0. The Labute approximate surface area is 137 Å². The molecular weight excluding hydrogens is 312 g/mol. The van der Waals surface area contributed by atoms with Crippen molar-refractivity contribution < 1.29 is 14.5 Å². The van der Waals surface area contributed by atoms with E-state index in [1.807, 2.05) is 24.3 Å². The van der Waals surface area contributed by atoms with Gasteiger partial charge in [0.05, 0.1) is 25.9 Å². The van der Waals surface area contributed by atoms with Gasteiger partial charge < -0.3 is 9.47 Å². The number of methoxy groups -OCH3 is 1. The van der Waals surface area contributed by atoms with E-state index < -0.39 is 15.9 Å². The highest BCUT2D eigenvalue weighted by atomic mass is 32.2. The van der Waals surface area contributed by atoms with Crippen LogP contribution in [0, 0.1) is 33.5 Å². The molecule has 1 aromatic carbocycles. The molecule has 23 heavy (non-hydrogen) atoms. The summed E-state index contributed by atoms with van der Waals surface area (Å²) in [7, 11) is 1.58. The lowest BCUT2D eigenvalue weighted by molar-refractivity contribution is -0.583. The van der Waals surface area contributed by atoms with Gasteiger partial charge in [-0.15, -0.1) is 0 Å². The molecule has 1 aromatic rings. The SMILES string of the molecule is COc1ccccc1[C@@H]1[C@@]2(C#N)[C@@]3([NH+]=C(N)[C@@]12C#N)OCCS3. The maximum atomic E-state index is 10.1. The highest BCUT2D eigenvalue weighted by Gasteiger charge is 2.96. The van der Waals surface area contributed by atoms with E-state index in [0.29, 0.717) is 18.2 Å². The fourth-order valence-corrected chi connectivity index (χ4v) is 5.54. The van der Waals surface area contributed by atoms with Gasteiger partial charge in [0, 0.05) is 17.2 Å². The van der Waals surface area contributed by atoms with Crippen LogP contribution in [0.3, 0.4) is 0 Å². The van der Waals surface area contributed by atoms with E-state index in [1.54, 1.807) is 7.11 Å². The van der Waals surface area contributed by atoms with Gasteiger partial charge >= 0.3 is 0 Å². The minimum Gasteiger partial charge on any atom is -0.496 e. The highest BCUT2D eigenvalue weighted by molar-refractivity contribution is 8.00. The third-order valence-corrected chi connectivity index (χ3v) is 6.46. The molecule has 0 aromatic heterocycles. The van der Waals surface area contributed by atoms with E-state index in [-0.39, 0.29) is 5.92 Å². The zero-order valence-electron chi connectivity index (χ0n) is 12.5. The molecule has 2 fully saturated rings. The van der Waals surface area contributed by atoms with Crippen LogP contribution in [0.4, 0.5) is 0 Å². The van der Waals surface area contributed by atoms with Gasteiger partial charge in [-0.1, -0.05) is 30.0 Å². The van der Waals surface area contributed by atoms with Gasteiger partial charge in [0.1, 0.15) is 5.75 Å². The largest absolute Gasteiger partial charge is 0.496 e. The topological polar surface area (TPSA) is 106 Å². The van der Waals surface area contributed by atoms with Crippen LogP contribution in [0.2, 0.25) is 0 Å². The maximum Gasteiger partial charge on any atom is 0.277 e. The molecule has 2 aliphatic heterocycles. The first-order valence-electron chi connectivity index (χ1n) is 7.28. The molecule has 3 N–H and O–H groups in total. The molecule has 1 saturated heterocycles. The Morgan fingerprint density at radius 3 is 2.78 bits per heavy atom. The summed E-state index contributed by atoms with van der Waals surface area (Å²) in [5, 5.41) is 19.0. The predicted octanol–water partition coefficient (Wildman–Crippen LogP) is -0.319. The first-order chi connectivity index (χ1) is 11.1. The summed E-state index contributed by atoms with van der Waals surface area (Å²) in [6.45, 7) is 0.522. The van der Waals surface area contributed by atoms with Gasteiger partial charge in [0.25, 0.3) is 10.9 Å². The zero-order chi connectivity index (χ0) is 16.3. The average Bonchev–Trinajstić information content (AvgIpc) is 2.82. The number of rotatable bonds is 2. The number of ether oxygens (including phenoxy) is 2. The summed E-state index contributed by atoms with van der Waals surface area (Å²) < 4.78 is 11.3. The Hall–Kier alpha value is -2.22. The number of benzene rings is 1. The van der Waals surface area contributed by atoms with E-state index >= 15 is 0 Å². The fourth-order valence-electron chi connectivity index (χ4n) is 4.19. The second-order valence-electron chi connectivity index (χ2n) is 5.87. The first kappa shape index (κ1) is 14.4. The number of hydrogen-bond donors (Lipinski definition) is 2. The van der Waals surface area contributed by atoms with Crippen LogP contribution in [0.25, 0.3) is 0 Å². The molecule has 1 aliphatic carbocycles. The summed E-state index contributed by atoms with van der Waals surface area (Å²) in [6, 6.07) is 12.2. The molecule has 0 amide bonds. The molecule has 1 spiro atoms. The summed E-state index contributed by atoms with van der Waals surface area (Å²) >= 11 is 1.51. The third kappa shape index (κ3) is 1.32. The molecule has 0 radical (unpaired) electrons. The second kappa shape index (κ2) is 4.41. The summed E-state index contributed by atoms with van der Waals surface area (Å²) in [5.41, 5.74) is 4.85. The van der Waals surface area contributed by atoms with Crippen molar-refractivity contribution in [3.05, 3.63) is 29.8 Å². The normalized spacial score (nSPS) is 40.1. The fraction of sp³-hybridized carbons (Fsp3) is 0.438. The van der Waals surface area contributed by atoms with Gasteiger partial charge in [-0.05, 0) is 6.07 Å². The van der Waals surface area contributed by atoms with Crippen molar-refractivity contribution in [1.29, 1.82) is 10.5 Å². The van der Waals surface area contributed by atoms with Crippen LogP contribution in [-0.4, -0.2) is 30.4 Å². The molecule has 4 rings (SSSR count). The van der Waals surface area contributed by atoms with E-state index in [4.69, 9.17) is 15.2 Å². The minimum atomic E-state index is -1.10. The Balaban J connectivity index is 1.96. The molecule has 116 valence electrons. The van der Waals surface area contributed by atoms with Gasteiger partial charge in [-0.3, -0.25) is 5.73 Å². The Morgan fingerprint density at radius 1 is 1.39 bits per heavy atom. The van der Waals surface area contributed by atoms with Crippen LogP contribution < -0.4 is 15.5 Å². The Kier molecular flexibility index (Phi) is 2.76. The lowest BCUT2D eigenvalue weighted by Crippen LogP contribution is -2.88. The van der Waals surface area contributed by atoms with Crippen molar-refractivity contribution in [2.75, 3.05) is 19.5 Å². The quantitative estimate of drug-likeness (QED) is 0.771. The molecule has 3 aliphatic rings. The molecule has 4 atom stereocenters. The van der Waals surface area contributed by atoms with Crippen LogP contribution in [-0.2, 0) is 4.74 Å². The lowest BCUT2D eigenvalue weighted by atomic mass is 9.95. The van der Waals surface area contributed by atoms with Crippen LogP contribution in [0.1, 0.15) is 11.5 Å². The van der Waals surface area contributed by atoms with Gasteiger partial charge in [0.15, 0.2) is 10.8 Å². The van der Waals surface area contributed by atoms with Crippen molar-refractivity contribution in [2.24, 2.45) is 16.6 Å². The predicted molar refractivity (Wildman–Crippen MR) is 83.1 cm³/mol. The van der Waals surface area contributed by atoms with Crippen LogP contribution in [0.5, 0.6) is 5.75 Å². The number of amidine groups is 1. The first-order valence-corrected chi connectivity index (χ1v) is 8.26. The second-order valence-corrected chi connectivity index (χ2v) is 7.14. The zero-order valence-corrected chi connectivity index (χ0v) is 13.3. The molecule has 7 heteroatoms. The molecule has 2 heterocycles. The molecular formula is C16H15N4O2S+. The van der Waals surface area contributed by atoms with E-state index in [0.717, 1.165) is 11.3 Å². The number of nitrogens with two attached hydrogens (primary N) is 1. The lowest BCUT2D eigenvalue weighted by Gasteiger charge is -2.24. The number of para-hydroxylation sites is 1. The molecule has 0 bridgehead atoms. The Morgan fingerprint density at radius 2 is 2.17 bits per heavy atom. The van der Waals surface area contributed by atoms with Crippen molar-refractivity contribution in [3.63, 3.8) is 0 Å². The molecule has 0 unspecified atom stereocenters. The van der Waals surface area contributed by atoms with E-state index in [9.17, 15) is 10.5 Å². The van der Waals surface area contributed by atoms with Crippen molar-refractivity contribution in [3.8, 4) is 17.9 Å². The standard InChI is InChI=1S/C16H14N4O2S/c1-21-11-5-3-2-4-10(11)12-14(8-17)13(19)20-16(15(12,14)9-18)22-6-7-23-16/h2-5,12H,6-7H2,1H3,(H2,19,20)/p+1/t12-,14+,15+,16+/m0/s1. The number of thioether (sulfide) groups is 1. The summed E-state index contributed by atoms with van der Waals surface area (Å²) in [5.74, 6) is 1.34. The molecule has 1 saturated carbocycles. The number of nitrogens with one attached hydrogen (secondary N) is 1. The van der Waals surface area contributed by atoms with E-state index in [1.165, 1.54) is 11.8 Å². The van der Waals surface area contributed by atoms with Crippen molar-refractivity contribution >= 4 is 17.6 Å². The van der Waals surface area contributed by atoms with Crippen LogP contribution >= 0.6 is 11.8 Å². The van der Waals surface area contributed by atoms with Crippen molar-refractivity contribution in [2.45, 2.75) is 11.0 Å². The van der Waals surface area contributed by atoms with Gasteiger partial charge in [-0.25, -0.2) is 4.99 Å².